The molecule has 0 aliphatic rings. The van der Waals surface area contributed by atoms with Crippen molar-refractivity contribution in [3.05, 3.63) is 310 Å². The lowest BCUT2D eigenvalue weighted by molar-refractivity contribution is 0.666. The number of thiophene rings is 2. The molecule has 0 spiro atoms. The second-order valence-corrected chi connectivity index (χ2v) is 28.2. The molecular formula is C91H51N7OS2. The molecule has 468 valence electrons. The number of para-hydroxylation sites is 3. The van der Waals surface area contributed by atoms with Crippen LogP contribution in [-0.4, -0.2) is 34.1 Å². The summed E-state index contributed by atoms with van der Waals surface area (Å²) in [5, 5.41) is 23.0. The van der Waals surface area contributed by atoms with Gasteiger partial charge in [-0.2, -0.15) is 0 Å². The second-order valence-electron chi connectivity index (χ2n) is 26.1. The fraction of sp³-hybridized carbons (Fsp3) is 0. The van der Waals surface area contributed by atoms with Crippen LogP contribution < -0.4 is 0 Å². The molecule has 23 rings (SSSR count). The highest BCUT2D eigenvalue weighted by atomic mass is 32.1. The first-order chi connectivity index (χ1) is 50.1. The van der Waals surface area contributed by atoms with E-state index in [1.165, 1.54) is 111 Å². The summed E-state index contributed by atoms with van der Waals surface area (Å²) in [5.41, 5.74) is 14.4. The Morgan fingerprint density at radius 3 is 1.46 bits per heavy atom. The van der Waals surface area contributed by atoms with E-state index in [-0.39, 0.29) is 0 Å². The van der Waals surface area contributed by atoms with Gasteiger partial charge >= 0.3 is 0 Å². The molecule has 0 aliphatic carbocycles. The van der Waals surface area contributed by atoms with Gasteiger partial charge in [0, 0.05) is 108 Å². The van der Waals surface area contributed by atoms with Crippen LogP contribution in [0.4, 0.5) is 0 Å². The number of furan rings is 1. The van der Waals surface area contributed by atoms with Crippen molar-refractivity contribution in [2.75, 3.05) is 0 Å². The Balaban J connectivity index is 0.000000128. The molecule has 0 amide bonds. The van der Waals surface area contributed by atoms with E-state index < -0.39 is 0 Å². The molecule has 0 N–H and O–H groups in total. The minimum atomic E-state index is 0.600. The molecule has 23 aromatic rings. The van der Waals surface area contributed by atoms with Gasteiger partial charge in [-0.25, -0.2) is 19.9 Å². The number of rotatable bonds is 5. The zero-order valence-corrected chi connectivity index (χ0v) is 55.4. The van der Waals surface area contributed by atoms with Gasteiger partial charge in [-0.05, 0) is 86.9 Å². The molecule has 8 heterocycles. The minimum absolute atomic E-state index is 0.600. The van der Waals surface area contributed by atoms with Gasteiger partial charge in [-0.3, -0.25) is 9.55 Å². The third-order valence-electron chi connectivity index (χ3n) is 20.5. The predicted molar refractivity (Wildman–Crippen MR) is 425 cm³/mol. The fourth-order valence-corrected chi connectivity index (χ4v) is 18.7. The summed E-state index contributed by atoms with van der Waals surface area (Å²) >= 11 is 3.73. The van der Waals surface area contributed by atoms with Crippen molar-refractivity contribution in [2.24, 2.45) is 0 Å². The third kappa shape index (κ3) is 8.31. The van der Waals surface area contributed by atoms with Crippen LogP contribution in [0, 0.1) is 0 Å². The topological polar surface area (TPSA) is 87.5 Å². The lowest BCUT2D eigenvalue weighted by atomic mass is 9.98. The van der Waals surface area contributed by atoms with Gasteiger partial charge in [0.25, 0.3) is 0 Å². The smallest absolute Gasteiger partial charge is 0.236 e. The molecule has 101 heavy (non-hydrogen) atoms. The molecule has 0 bridgehead atoms. The van der Waals surface area contributed by atoms with E-state index in [2.05, 4.69) is 264 Å². The predicted octanol–water partition coefficient (Wildman–Crippen LogP) is 25.1. The van der Waals surface area contributed by atoms with Crippen molar-refractivity contribution in [3.63, 3.8) is 0 Å². The normalized spacial score (nSPS) is 12.2. The summed E-state index contributed by atoms with van der Waals surface area (Å²) in [5.74, 6) is 1.31. The Labute approximate surface area is 583 Å². The van der Waals surface area contributed by atoms with Gasteiger partial charge in [0.2, 0.25) is 5.95 Å². The van der Waals surface area contributed by atoms with Crippen molar-refractivity contribution in [2.45, 2.75) is 0 Å². The Bertz CT molecular complexity index is 7490. The Kier molecular flexibility index (Phi) is 12.1. The minimum Gasteiger partial charge on any atom is -0.452 e. The van der Waals surface area contributed by atoms with Crippen molar-refractivity contribution in [1.29, 1.82) is 0 Å². The summed E-state index contributed by atoms with van der Waals surface area (Å²) in [4.78, 5) is 26.1. The first-order valence-corrected chi connectivity index (χ1v) is 35.6. The van der Waals surface area contributed by atoms with E-state index in [4.69, 9.17) is 29.3 Å². The number of aromatic nitrogens is 7. The SMILES string of the molecule is c1ccc(-c2nc(-c3cccc(-n4c5c6ccccc6ccc5c5c6ccccc6c6c7ccccc7sc6c54)c3)nc3ccccc23)cc1.c1ccc2ncc(-c3nc(-n4c5c6ccccc6ccc5c5c6ccccc6c6c7ccccc7sc6c54)nc4c3oc3ccccc34)cc2c1. The molecule has 10 heteroatoms. The number of hydrogen-bond acceptors (Lipinski definition) is 8. The molecule has 0 unspecified atom stereocenters. The van der Waals surface area contributed by atoms with Crippen LogP contribution in [-0.2, 0) is 0 Å². The zero-order valence-electron chi connectivity index (χ0n) is 53.8. The largest absolute Gasteiger partial charge is 0.452 e. The van der Waals surface area contributed by atoms with E-state index >= 15 is 0 Å². The van der Waals surface area contributed by atoms with Crippen LogP contribution in [0.3, 0.4) is 0 Å². The van der Waals surface area contributed by atoms with Gasteiger partial charge in [-0.1, -0.05) is 249 Å². The first-order valence-electron chi connectivity index (χ1n) is 34.0. The van der Waals surface area contributed by atoms with Crippen LogP contribution in [0.15, 0.2) is 314 Å². The van der Waals surface area contributed by atoms with Crippen molar-refractivity contribution in [1.82, 2.24) is 34.1 Å². The van der Waals surface area contributed by atoms with Crippen molar-refractivity contribution in [3.8, 4) is 45.5 Å². The van der Waals surface area contributed by atoms with Gasteiger partial charge in [0.15, 0.2) is 11.4 Å². The molecule has 8 aromatic heterocycles. The highest BCUT2D eigenvalue weighted by Gasteiger charge is 2.28. The lowest BCUT2D eigenvalue weighted by Gasteiger charge is -2.13. The number of hydrogen-bond donors (Lipinski definition) is 0. The molecular weight excluding hydrogens is 1270 g/mol. The lowest BCUT2D eigenvalue weighted by Crippen LogP contribution is -2.03. The summed E-state index contributed by atoms with van der Waals surface area (Å²) in [6, 6.07) is 108. The molecule has 0 radical (unpaired) electrons. The number of fused-ring (bicyclic) bond motifs is 29. The molecule has 15 aromatic carbocycles. The van der Waals surface area contributed by atoms with Crippen LogP contribution in [0.2, 0.25) is 0 Å². The summed E-state index contributed by atoms with van der Waals surface area (Å²) in [6.07, 6.45) is 1.90. The Morgan fingerprint density at radius 2 is 0.802 bits per heavy atom. The second kappa shape index (κ2) is 21.8. The van der Waals surface area contributed by atoms with Crippen LogP contribution in [0.25, 0.3) is 216 Å². The molecule has 0 saturated carbocycles. The van der Waals surface area contributed by atoms with Crippen LogP contribution >= 0.6 is 22.7 Å². The zero-order chi connectivity index (χ0) is 66.0. The van der Waals surface area contributed by atoms with E-state index in [1.54, 1.807) is 0 Å². The molecule has 0 saturated heterocycles. The van der Waals surface area contributed by atoms with Gasteiger partial charge in [0.05, 0.1) is 48.2 Å². The summed E-state index contributed by atoms with van der Waals surface area (Å²) in [7, 11) is 0. The van der Waals surface area contributed by atoms with E-state index in [1.807, 2.05) is 77.4 Å². The van der Waals surface area contributed by atoms with Gasteiger partial charge < -0.3 is 8.98 Å². The highest BCUT2D eigenvalue weighted by Crippen LogP contribution is 2.52. The van der Waals surface area contributed by atoms with Gasteiger partial charge in [-0.15, -0.1) is 22.7 Å². The molecule has 0 aliphatic heterocycles. The van der Waals surface area contributed by atoms with Crippen LogP contribution in [0.1, 0.15) is 0 Å². The quantitative estimate of drug-likeness (QED) is 0.171. The average molecular weight is 1320 g/mol. The number of pyridine rings is 1. The van der Waals surface area contributed by atoms with Crippen LogP contribution in [0.5, 0.6) is 0 Å². The molecule has 0 atom stereocenters. The monoisotopic (exact) mass is 1320 g/mol. The fourth-order valence-electron chi connectivity index (χ4n) is 16.2. The van der Waals surface area contributed by atoms with Crippen molar-refractivity contribution < 1.29 is 4.42 Å². The maximum Gasteiger partial charge on any atom is 0.236 e. The standard InChI is InChI=1S/C46H27N3S.C45H24N4OS/c1-2-14-29(15-3-1)42-35-21-8-10-23-38(35)47-46(48-42)30-16-12-17-31(27-30)49-43-32-18-5-4-13-28(32)25-26-37(43)40-33-19-6-7-20-34(33)41-36-22-9-11-24-39(36)50-45(41)44(40)49;1-3-13-28-25(11-1)21-22-33-37-29-14-4-5-15-30(29)38-32-17-7-10-20-36(32)51-44(38)42(37)49(41(28)33)45-47-39(27-23-26-12-2-8-18-34(26)46-24-27)43-40(48-45)31-16-6-9-19-35(31)50-43/h1-27H;1-24H. The summed E-state index contributed by atoms with van der Waals surface area (Å²) in [6.45, 7) is 0. The first kappa shape index (κ1) is 56.1. The van der Waals surface area contributed by atoms with E-state index in [9.17, 15) is 0 Å². The number of nitrogens with zero attached hydrogens (tertiary/aromatic N) is 7. The maximum atomic E-state index is 6.58. The summed E-state index contributed by atoms with van der Waals surface area (Å²) < 4.78 is 16.5. The van der Waals surface area contributed by atoms with Crippen molar-refractivity contribution >= 4 is 194 Å². The number of benzene rings is 15. The average Bonchev–Trinajstić information content (AvgIpc) is 1.54. The Morgan fingerprint density at radius 1 is 0.297 bits per heavy atom. The Hall–Kier alpha value is -13.0. The highest BCUT2D eigenvalue weighted by molar-refractivity contribution is 7.27. The maximum absolute atomic E-state index is 6.58. The van der Waals surface area contributed by atoms with Gasteiger partial charge in [0.1, 0.15) is 16.8 Å². The van der Waals surface area contributed by atoms with E-state index in [0.29, 0.717) is 23.0 Å². The molecule has 0 fully saturated rings. The van der Waals surface area contributed by atoms with E-state index in [0.717, 1.165) is 82.8 Å². The molecule has 8 nitrogen and oxygen atoms in total. The third-order valence-corrected chi connectivity index (χ3v) is 22.9.